The molecule has 0 saturated heterocycles. The lowest BCUT2D eigenvalue weighted by molar-refractivity contribution is -0.129. The maximum atomic E-state index is 10.2. The minimum Gasteiger partial charge on any atom is -0.526 e. The lowest BCUT2D eigenvalue weighted by Crippen LogP contribution is -2.00. The van der Waals surface area contributed by atoms with E-state index in [2.05, 4.69) is 11.0 Å². The zero-order valence-electron chi connectivity index (χ0n) is 6.33. The standard InChI is InChI=1S/C4H8O2Si.CH2O3/c1-3(2)4(5)6-7;2-1(3)4/h1H2,2,7H3;(H2,2,3,4). The summed E-state index contributed by atoms with van der Waals surface area (Å²) in [4.78, 5) is 18.8. The Balaban J connectivity index is 0. The second-order valence-electron chi connectivity index (χ2n) is 1.55. The lowest BCUT2D eigenvalue weighted by atomic mass is 10.4. The Bertz CT molecular complexity index is 160. The van der Waals surface area contributed by atoms with Gasteiger partial charge in [-0.15, -0.1) is 0 Å². The van der Waals surface area contributed by atoms with Crippen LogP contribution in [0.4, 0.5) is 4.79 Å². The summed E-state index contributed by atoms with van der Waals surface area (Å²) < 4.78 is 4.41. The molecule has 0 unspecified atom stereocenters. The van der Waals surface area contributed by atoms with Crippen molar-refractivity contribution in [3.8, 4) is 0 Å². The molecule has 0 aromatic carbocycles. The van der Waals surface area contributed by atoms with Gasteiger partial charge in [0.25, 0.3) is 0 Å². The molecule has 0 spiro atoms. The summed E-state index contributed by atoms with van der Waals surface area (Å²) >= 11 is 0. The van der Waals surface area contributed by atoms with E-state index in [9.17, 15) is 4.79 Å². The van der Waals surface area contributed by atoms with Gasteiger partial charge in [0.15, 0.2) is 0 Å². The molecule has 0 aliphatic heterocycles. The molecule has 0 amide bonds. The zero-order chi connectivity index (χ0) is 9.44. The first-order valence-electron chi connectivity index (χ1n) is 2.57. The van der Waals surface area contributed by atoms with Crippen molar-refractivity contribution in [3.63, 3.8) is 0 Å². The molecule has 0 aromatic rings. The molecule has 0 rings (SSSR count). The van der Waals surface area contributed by atoms with Crippen molar-refractivity contribution < 1.29 is 24.2 Å². The van der Waals surface area contributed by atoms with Crippen LogP contribution in [0.5, 0.6) is 0 Å². The first-order chi connectivity index (χ1) is 4.91. The van der Waals surface area contributed by atoms with Crippen LogP contribution in [0, 0.1) is 0 Å². The number of carbonyl (C=O) groups is 2. The summed E-state index contributed by atoms with van der Waals surface area (Å²) in [5.74, 6) is -0.285. The largest absolute Gasteiger partial charge is 0.526 e. The molecule has 6 heteroatoms. The van der Waals surface area contributed by atoms with E-state index in [0.29, 0.717) is 16.1 Å². The van der Waals surface area contributed by atoms with Crippen LogP contribution in [0.1, 0.15) is 6.92 Å². The third-order valence-electron chi connectivity index (χ3n) is 0.534. The second kappa shape index (κ2) is 6.81. The van der Waals surface area contributed by atoms with Crippen molar-refractivity contribution in [2.75, 3.05) is 0 Å². The van der Waals surface area contributed by atoms with Gasteiger partial charge in [0.1, 0.15) is 0 Å². The molecule has 11 heavy (non-hydrogen) atoms. The van der Waals surface area contributed by atoms with E-state index in [0.717, 1.165) is 0 Å². The van der Waals surface area contributed by atoms with Gasteiger partial charge < -0.3 is 14.6 Å². The highest BCUT2D eigenvalue weighted by atomic mass is 28.2. The molecular weight excluding hydrogens is 168 g/mol. The van der Waals surface area contributed by atoms with Gasteiger partial charge >= 0.3 is 12.1 Å². The van der Waals surface area contributed by atoms with E-state index >= 15 is 0 Å². The molecule has 0 radical (unpaired) electrons. The Kier molecular flexibility index (Phi) is 7.67. The molecule has 0 heterocycles. The smallest absolute Gasteiger partial charge is 0.503 e. The highest BCUT2D eigenvalue weighted by molar-refractivity contribution is 6.08. The highest BCUT2D eigenvalue weighted by Crippen LogP contribution is 1.86. The van der Waals surface area contributed by atoms with Crippen molar-refractivity contribution in [2.24, 2.45) is 0 Å². The van der Waals surface area contributed by atoms with Crippen LogP contribution in [-0.2, 0) is 9.22 Å². The molecular formula is C5H10O5Si. The first-order valence-corrected chi connectivity index (χ1v) is 3.39. The summed E-state index contributed by atoms with van der Waals surface area (Å²) in [5, 5.41) is 13.9. The molecule has 0 atom stereocenters. The van der Waals surface area contributed by atoms with Gasteiger partial charge in [-0.05, 0) is 6.92 Å². The van der Waals surface area contributed by atoms with Gasteiger partial charge in [0.05, 0.1) is 0 Å². The fourth-order valence-corrected chi connectivity index (χ4v) is 0.523. The van der Waals surface area contributed by atoms with Crippen molar-refractivity contribution in [2.45, 2.75) is 6.92 Å². The number of carboxylic acid groups (broad SMARTS) is 2. The van der Waals surface area contributed by atoms with Crippen molar-refractivity contribution in [3.05, 3.63) is 12.2 Å². The molecule has 5 nitrogen and oxygen atoms in total. The van der Waals surface area contributed by atoms with Crippen LogP contribution in [0.15, 0.2) is 12.2 Å². The van der Waals surface area contributed by atoms with E-state index in [1.165, 1.54) is 0 Å². The third kappa shape index (κ3) is 17.7. The minimum absolute atomic E-state index is 0.285. The third-order valence-corrected chi connectivity index (χ3v) is 0.905. The molecule has 2 N–H and O–H groups in total. The quantitative estimate of drug-likeness (QED) is 0.422. The second-order valence-corrected chi connectivity index (χ2v) is 1.96. The average molecular weight is 178 g/mol. The Hall–Kier alpha value is -1.30. The Labute approximate surface area is 66.8 Å². The van der Waals surface area contributed by atoms with Crippen LogP contribution >= 0.6 is 0 Å². The van der Waals surface area contributed by atoms with Gasteiger partial charge in [0, 0.05) is 5.57 Å². The highest BCUT2D eigenvalue weighted by Gasteiger charge is 1.94. The normalized spacial score (nSPS) is 7.36. The van der Waals surface area contributed by atoms with E-state index in [-0.39, 0.29) is 5.97 Å². The summed E-state index contributed by atoms with van der Waals surface area (Å²) in [7, 11) is 0.460. The van der Waals surface area contributed by atoms with Crippen molar-refractivity contribution in [1.82, 2.24) is 0 Å². The number of hydrogen-bond acceptors (Lipinski definition) is 3. The van der Waals surface area contributed by atoms with Crippen LogP contribution in [0.2, 0.25) is 0 Å². The fourth-order valence-electron chi connectivity index (χ4n) is 0.174. The van der Waals surface area contributed by atoms with Gasteiger partial charge in [0.2, 0.25) is 10.5 Å². The van der Waals surface area contributed by atoms with E-state index in [1.807, 2.05) is 0 Å². The Morgan fingerprint density at radius 3 is 1.73 bits per heavy atom. The summed E-state index contributed by atoms with van der Waals surface area (Å²) in [6.45, 7) is 5.00. The molecule has 0 aliphatic rings. The maximum absolute atomic E-state index is 10.2. The van der Waals surface area contributed by atoms with E-state index < -0.39 is 6.16 Å². The van der Waals surface area contributed by atoms with Crippen LogP contribution < -0.4 is 0 Å². The van der Waals surface area contributed by atoms with Crippen molar-refractivity contribution >= 4 is 22.6 Å². The van der Waals surface area contributed by atoms with Gasteiger partial charge in [-0.2, -0.15) is 0 Å². The van der Waals surface area contributed by atoms with Crippen LogP contribution in [0.3, 0.4) is 0 Å². The number of carbonyl (C=O) groups excluding carboxylic acids is 1. The predicted molar refractivity (Wildman–Crippen MR) is 41.5 cm³/mol. The summed E-state index contributed by atoms with van der Waals surface area (Å²) in [6.07, 6.45) is -1.83. The van der Waals surface area contributed by atoms with E-state index in [4.69, 9.17) is 15.0 Å². The van der Waals surface area contributed by atoms with Crippen LogP contribution in [0.25, 0.3) is 0 Å². The molecule has 64 valence electrons. The van der Waals surface area contributed by atoms with Crippen molar-refractivity contribution in [1.29, 1.82) is 0 Å². The SMILES string of the molecule is C=C(C)C(=O)O[SiH3].O=C(O)O. The monoisotopic (exact) mass is 178 g/mol. The minimum atomic E-state index is -1.83. The Morgan fingerprint density at radius 1 is 1.45 bits per heavy atom. The average Bonchev–Trinajstić information content (AvgIpc) is 1.85. The Morgan fingerprint density at radius 2 is 1.73 bits per heavy atom. The predicted octanol–water partition coefficient (Wildman–Crippen LogP) is -0.392. The van der Waals surface area contributed by atoms with Gasteiger partial charge in [-0.3, -0.25) is 0 Å². The molecule has 0 fully saturated rings. The fraction of sp³-hybridized carbons (Fsp3) is 0.200. The molecule has 0 aromatic heterocycles. The maximum Gasteiger partial charge on any atom is 0.503 e. The van der Waals surface area contributed by atoms with Gasteiger partial charge in [-0.1, -0.05) is 6.58 Å². The van der Waals surface area contributed by atoms with Crippen LogP contribution in [-0.4, -0.2) is 32.8 Å². The topological polar surface area (TPSA) is 83.8 Å². The molecule has 0 saturated carbocycles. The number of rotatable bonds is 1. The van der Waals surface area contributed by atoms with Gasteiger partial charge in [-0.25, -0.2) is 9.59 Å². The lowest BCUT2D eigenvalue weighted by Gasteiger charge is -1.92. The molecule has 0 bridgehead atoms. The summed E-state index contributed by atoms with van der Waals surface area (Å²) in [6, 6.07) is 0. The first kappa shape index (κ1) is 12.4. The molecule has 0 aliphatic carbocycles. The number of hydrogen-bond donors (Lipinski definition) is 2. The zero-order valence-corrected chi connectivity index (χ0v) is 8.33. The summed E-state index contributed by atoms with van der Waals surface area (Å²) in [5.41, 5.74) is 0.468. The van der Waals surface area contributed by atoms with E-state index in [1.54, 1.807) is 6.92 Å².